The molecule has 0 aliphatic heterocycles. The van der Waals surface area contributed by atoms with Crippen molar-refractivity contribution in [1.82, 2.24) is 19.9 Å². The molecule has 2 aromatic heterocycles. The van der Waals surface area contributed by atoms with Gasteiger partial charge in [-0.15, -0.1) is 0 Å². The van der Waals surface area contributed by atoms with Crippen molar-refractivity contribution in [2.75, 3.05) is 11.5 Å². The summed E-state index contributed by atoms with van der Waals surface area (Å²) in [5.74, 6) is -0.616. The molecule has 0 fully saturated rings. The first-order valence-electron chi connectivity index (χ1n) is 4.65. The molecule has 2 heterocycles. The van der Waals surface area contributed by atoms with E-state index in [2.05, 4.69) is 19.9 Å². The van der Waals surface area contributed by atoms with Gasteiger partial charge in [0.1, 0.15) is 11.6 Å². The molecule has 8 nitrogen and oxygen atoms in total. The number of thioether (sulfide) groups is 1. The zero-order valence-electron chi connectivity index (χ0n) is 8.62. The Labute approximate surface area is 99.8 Å². The first-order valence-corrected chi connectivity index (χ1v) is 5.64. The predicted octanol–water partition coefficient (Wildman–Crippen LogP) is -0.561. The van der Waals surface area contributed by atoms with Gasteiger partial charge in [-0.3, -0.25) is 4.79 Å². The van der Waals surface area contributed by atoms with Gasteiger partial charge in [-0.2, -0.15) is 0 Å². The highest BCUT2D eigenvalue weighted by atomic mass is 32.2. The lowest BCUT2D eigenvalue weighted by atomic mass is 10.4. The number of nitrogens with two attached hydrogens (primary N) is 2. The van der Waals surface area contributed by atoms with Crippen molar-refractivity contribution in [1.29, 1.82) is 0 Å². The minimum absolute atomic E-state index is 0.171. The molecule has 17 heavy (non-hydrogen) atoms. The Morgan fingerprint density at radius 3 is 3.06 bits per heavy atom. The second kappa shape index (κ2) is 4.55. The smallest absolute Gasteiger partial charge is 0.321 e. The van der Waals surface area contributed by atoms with Crippen LogP contribution in [-0.4, -0.2) is 42.8 Å². The fraction of sp³-hybridized carbons (Fsp3) is 0.250. The van der Waals surface area contributed by atoms with Crippen LogP contribution in [0, 0.1) is 0 Å². The molecule has 6 N–H and O–H groups in total. The highest BCUT2D eigenvalue weighted by molar-refractivity contribution is 7.99. The zero-order chi connectivity index (χ0) is 12.4. The van der Waals surface area contributed by atoms with Crippen molar-refractivity contribution in [3.63, 3.8) is 0 Å². The summed E-state index contributed by atoms with van der Waals surface area (Å²) < 4.78 is 0. The third kappa shape index (κ3) is 2.45. The summed E-state index contributed by atoms with van der Waals surface area (Å²) in [5, 5.41) is 8.99. The minimum atomic E-state index is -1.06. The molecule has 1 unspecified atom stereocenters. The summed E-state index contributed by atoms with van der Waals surface area (Å²) in [5.41, 5.74) is 12.1. The molecule has 0 aromatic carbocycles. The fourth-order valence-corrected chi connectivity index (χ4v) is 1.92. The number of aromatic amines is 1. The Balaban J connectivity index is 2.16. The first-order chi connectivity index (χ1) is 8.08. The van der Waals surface area contributed by atoms with Crippen LogP contribution in [0.3, 0.4) is 0 Å². The molecule has 0 saturated heterocycles. The van der Waals surface area contributed by atoms with E-state index in [1.807, 2.05) is 0 Å². The molecule has 90 valence electrons. The number of aromatic nitrogens is 4. The average Bonchev–Trinajstić information content (AvgIpc) is 2.74. The van der Waals surface area contributed by atoms with Crippen molar-refractivity contribution in [3.05, 3.63) is 6.33 Å². The standard InChI is InChI=1S/C8H10N6O2S/c9-3(7(15)16)1-17-8-13-5(10)4-6(14-8)12-2-11-4/h2-3H,1,9H2,(H,15,16)(H3,10,11,12,13,14). The largest absolute Gasteiger partial charge is 0.480 e. The maximum atomic E-state index is 10.5. The topological polar surface area (TPSA) is 144 Å². The second-order valence-corrected chi connectivity index (χ2v) is 4.24. The number of rotatable bonds is 4. The Hall–Kier alpha value is -1.87. The fourth-order valence-electron chi connectivity index (χ4n) is 1.14. The van der Waals surface area contributed by atoms with Gasteiger partial charge in [0.25, 0.3) is 0 Å². The molecule has 0 saturated carbocycles. The number of aliphatic carboxylic acids is 1. The van der Waals surface area contributed by atoms with Crippen LogP contribution in [0.2, 0.25) is 0 Å². The predicted molar refractivity (Wildman–Crippen MR) is 62.4 cm³/mol. The van der Waals surface area contributed by atoms with Gasteiger partial charge >= 0.3 is 5.97 Å². The third-order valence-electron chi connectivity index (χ3n) is 2.00. The van der Waals surface area contributed by atoms with Crippen molar-refractivity contribution >= 4 is 34.7 Å². The van der Waals surface area contributed by atoms with Crippen LogP contribution in [0.4, 0.5) is 5.82 Å². The van der Waals surface area contributed by atoms with Gasteiger partial charge < -0.3 is 21.6 Å². The number of nitrogen functional groups attached to an aromatic ring is 1. The maximum Gasteiger partial charge on any atom is 0.321 e. The summed E-state index contributed by atoms with van der Waals surface area (Å²) in [6, 6.07) is -0.959. The second-order valence-electron chi connectivity index (χ2n) is 3.25. The Bertz CT molecular complexity index is 556. The van der Waals surface area contributed by atoms with E-state index < -0.39 is 12.0 Å². The maximum absolute atomic E-state index is 10.5. The molecule has 2 rings (SSSR count). The summed E-state index contributed by atoms with van der Waals surface area (Å²) in [7, 11) is 0. The minimum Gasteiger partial charge on any atom is -0.480 e. The van der Waals surface area contributed by atoms with Gasteiger partial charge in [-0.1, -0.05) is 11.8 Å². The van der Waals surface area contributed by atoms with Crippen molar-refractivity contribution in [2.24, 2.45) is 5.73 Å². The van der Waals surface area contributed by atoms with Gasteiger partial charge in [-0.25, -0.2) is 15.0 Å². The third-order valence-corrected chi connectivity index (χ3v) is 2.97. The molecule has 9 heteroatoms. The van der Waals surface area contributed by atoms with E-state index in [1.165, 1.54) is 6.33 Å². The summed E-state index contributed by atoms with van der Waals surface area (Å²) >= 11 is 1.13. The van der Waals surface area contributed by atoms with Gasteiger partial charge in [0.05, 0.1) is 6.33 Å². The summed E-state index contributed by atoms with van der Waals surface area (Å²) in [6.45, 7) is 0. The molecular formula is C8H10N6O2S. The number of fused-ring (bicyclic) bond motifs is 1. The van der Waals surface area contributed by atoms with E-state index in [-0.39, 0.29) is 11.6 Å². The van der Waals surface area contributed by atoms with E-state index in [0.717, 1.165) is 11.8 Å². The van der Waals surface area contributed by atoms with E-state index in [4.69, 9.17) is 16.6 Å². The van der Waals surface area contributed by atoms with E-state index in [1.54, 1.807) is 0 Å². The molecule has 0 spiro atoms. The number of anilines is 1. The summed E-state index contributed by atoms with van der Waals surface area (Å²) in [6.07, 6.45) is 1.47. The molecule has 0 aliphatic carbocycles. The average molecular weight is 254 g/mol. The van der Waals surface area contributed by atoms with Crippen molar-refractivity contribution < 1.29 is 9.90 Å². The van der Waals surface area contributed by atoms with Gasteiger partial charge in [0.2, 0.25) is 0 Å². The Morgan fingerprint density at radius 1 is 1.59 bits per heavy atom. The molecule has 0 radical (unpaired) electrons. The van der Waals surface area contributed by atoms with Crippen LogP contribution in [-0.2, 0) is 4.79 Å². The molecule has 0 bridgehead atoms. The Kier molecular flexibility index (Phi) is 3.11. The van der Waals surface area contributed by atoms with Gasteiger partial charge in [0, 0.05) is 5.75 Å². The van der Waals surface area contributed by atoms with E-state index in [0.29, 0.717) is 16.3 Å². The molecule has 1 atom stereocenters. The number of carbonyl (C=O) groups is 1. The SMILES string of the molecule is Nc1nc(SCC(N)C(=O)O)nc2nc[nH]c12. The highest BCUT2D eigenvalue weighted by Crippen LogP contribution is 2.19. The van der Waals surface area contributed by atoms with Crippen molar-refractivity contribution in [3.8, 4) is 0 Å². The van der Waals surface area contributed by atoms with Crippen LogP contribution >= 0.6 is 11.8 Å². The van der Waals surface area contributed by atoms with Crippen LogP contribution in [0.25, 0.3) is 11.2 Å². The molecule has 2 aromatic rings. The Morgan fingerprint density at radius 2 is 2.35 bits per heavy atom. The quantitative estimate of drug-likeness (QED) is 0.419. The monoisotopic (exact) mass is 254 g/mol. The van der Waals surface area contributed by atoms with E-state index in [9.17, 15) is 4.79 Å². The van der Waals surface area contributed by atoms with Crippen LogP contribution in [0.1, 0.15) is 0 Å². The lowest BCUT2D eigenvalue weighted by molar-refractivity contribution is -0.137. The molecule has 0 aliphatic rings. The van der Waals surface area contributed by atoms with Gasteiger partial charge in [-0.05, 0) is 0 Å². The van der Waals surface area contributed by atoms with Crippen LogP contribution < -0.4 is 11.5 Å². The summed E-state index contributed by atoms with van der Waals surface area (Å²) in [4.78, 5) is 25.4. The number of carboxylic acid groups (broad SMARTS) is 1. The first kappa shape index (κ1) is 11.6. The van der Waals surface area contributed by atoms with E-state index >= 15 is 0 Å². The van der Waals surface area contributed by atoms with Crippen LogP contribution in [0.5, 0.6) is 0 Å². The highest BCUT2D eigenvalue weighted by Gasteiger charge is 2.14. The number of nitrogens with zero attached hydrogens (tertiary/aromatic N) is 3. The van der Waals surface area contributed by atoms with Crippen molar-refractivity contribution in [2.45, 2.75) is 11.2 Å². The lowest BCUT2D eigenvalue weighted by Gasteiger charge is -2.05. The number of carboxylic acids is 1. The number of hydrogen-bond donors (Lipinski definition) is 4. The number of H-pyrrole nitrogens is 1. The number of hydrogen-bond acceptors (Lipinski definition) is 7. The lowest BCUT2D eigenvalue weighted by Crippen LogP contribution is -2.32. The van der Waals surface area contributed by atoms with Gasteiger partial charge in [0.15, 0.2) is 16.6 Å². The number of nitrogens with one attached hydrogen (secondary N) is 1. The molecular weight excluding hydrogens is 244 g/mol. The van der Waals surface area contributed by atoms with Crippen LogP contribution in [0.15, 0.2) is 11.5 Å². The number of imidazole rings is 1. The zero-order valence-corrected chi connectivity index (χ0v) is 9.44. The molecule has 0 amide bonds. The normalized spacial score (nSPS) is 12.8.